The normalized spacial score (nSPS) is 11.9. The topological polar surface area (TPSA) is 21.3 Å². The largest absolute Gasteiger partial charge is 0.497 e. The number of hydrogen-bond donors (Lipinski definition) is 1. The summed E-state index contributed by atoms with van der Waals surface area (Å²) in [5.74, 6) is 0.907. The molecule has 1 atom stereocenters. The SMILES string of the molecule is CCc1cccc(NC(C)Cc2ccc(OC)cc2)c1. The summed E-state index contributed by atoms with van der Waals surface area (Å²) in [7, 11) is 1.69. The maximum absolute atomic E-state index is 5.18. The molecular formula is C18H23NO. The van der Waals surface area contributed by atoms with E-state index >= 15 is 0 Å². The Kier molecular flexibility index (Phi) is 5.05. The van der Waals surface area contributed by atoms with Crippen molar-refractivity contribution in [2.45, 2.75) is 32.7 Å². The van der Waals surface area contributed by atoms with Crippen molar-refractivity contribution in [3.05, 3.63) is 59.7 Å². The fourth-order valence-electron chi connectivity index (χ4n) is 2.33. The molecule has 0 saturated carbocycles. The Morgan fingerprint density at radius 3 is 2.45 bits per heavy atom. The van der Waals surface area contributed by atoms with Crippen LogP contribution in [0.1, 0.15) is 25.0 Å². The molecule has 20 heavy (non-hydrogen) atoms. The van der Waals surface area contributed by atoms with Crippen molar-refractivity contribution in [3.63, 3.8) is 0 Å². The van der Waals surface area contributed by atoms with Gasteiger partial charge in [-0.05, 0) is 55.2 Å². The van der Waals surface area contributed by atoms with Crippen LogP contribution in [0, 0.1) is 0 Å². The minimum Gasteiger partial charge on any atom is -0.497 e. The minimum atomic E-state index is 0.399. The van der Waals surface area contributed by atoms with E-state index in [9.17, 15) is 0 Å². The summed E-state index contributed by atoms with van der Waals surface area (Å²) in [4.78, 5) is 0. The quantitative estimate of drug-likeness (QED) is 0.844. The van der Waals surface area contributed by atoms with Gasteiger partial charge in [0.15, 0.2) is 0 Å². The summed E-state index contributed by atoms with van der Waals surface area (Å²) in [6.07, 6.45) is 2.07. The zero-order chi connectivity index (χ0) is 14.4. The summed E-state index contributed by atoms with van der Waals surface area (Å²) < 4.78 is 5.18. The number of anilines is 1. The van der Waals surface area contributed by atoms with Crippen LogP contribution in [0.4, 0.5) is 5.69 Å². The van der Waals surface area contributed by atoms with Gasteiger partial charge in [0.2, 0.25) is 0 Å². The third-order valence-electron chi connectivity index (χ3n) is 3.45. The number of methoxy groups -OCH3 is 1. The van der Waals surface area contributed by atoms with Gasteiger partial charge in [-0.25, -0.2) is 0 Å². The lowest BCUT2D eigenvalue weighted by atomic mass is 10.1. The van der Waals surface area contributed by atoms with Crippen LogP contribution >= 0.6 is 0 Å². The molecule has 0 radical (unpaired) electrons. The molecule has 2 aromatic rings. The first kappa shape index (κ1) is 14.4. The molecule has 0 spiro atoms. The molecule has 2 aromatic carbocycles. The molecule has 0 aliphatic rings. The average molecular weight is 269 g/mol. The summed E-state index contributed by atoms with van der Waals surface area (Å²) in [5.41, 5.74) is 3.88. The number of hydrogen-bond acceptors (Lipinski definition) is 2. The fourth-order valence-corrected chi connectivity index (χ4v) is 2.33. The lowest BCUT2D eigenvalue weighted by Crippen LogP contribution is -2.18. The van der Waals surface area contributed by atoms with Crippen LogP contribution < -0.4 is 10.1 Å². The van der Waals surface area contributed by atoms with E-state index in [4.69, 9.17) is 4.74 Å². The summed E-state index contributed by atoms with van der Waals surface area (Å²) >= 11 is 0. The second-order valence-electron chi connectivity index (χ2n) is 5.15. The highest BCUT2D eigenvalue weighted by molar-refractivity contribution is 5.46. The predicted octanol–water partition coefficient (Wildman–Crippen LogP) is 4.30. The number of nitrogens with one attached hydrogen (secondary N) is 1. The van der Waals surface area contributed by atoms with Gasteiger partial charge in [0.05, 0.1) is 7.11 Å². The molecule has 0 amide bonds. The average Bonchev–Trinajstić information content (AvgIpc) is 2.48. The monoisotopic (exact) mass is 269 g/mol. The van der Waals surface area contributed by atoms with Crippen molar-refractivity contribution in [1.82, 2.24) is 0 Å². The van der Waals surface area contributed by atoms with E-state index in [1.54, 1.807) is 7.11 Å². The molecule has 0 aliphatic carbocycles. The van der Waals surface area contributed by atoms with Crippen LogP contribution in [0.2, 0.25) is 0 Å². The first-order valence-corrected chi connectivity index (χ1v) is 7.19. The summed E-state index contributed by atoms with van der Waals surface area (Å²) in [6.45, 7) is 4.39. The van der Waals surface area contributed by atoms with Crippen molar-refractivity contribution in [2.24, 2.45) is 0 Å². The summed E-state index contributed by atoms with van der Waals surface area (Å²) in [5, 5.41) is 3.56. The zero-order valence-electron chi connectivity index (χ0n) is 12.5. The molecular weight excluding hydrogens is 246 g/mol. The first-order chi connectivity index (χ1) is 9.71. The molecule has 2 heteroatoms. The van der Waals surface area contributed by atoms with Gasteiger partial charge in [-0.15, -0.1) is 0 Å². The molecule has 0 saturated heterocycles. The highest BCUT2D eigenvalue weighted by atomic mass is 16.5. The van der Waals surface area contributed by atoms with Gasteiger partial charge in [0, 0.05) is 11.7 Å². The molecule has 1 N–H and O–H groups in total. The minimum absolute atomic E-state index is 0.399. The van der Waals surface area contributed by atoms with E-state index in [-0.39, 0.29) is 0 Å². The molecule has 0 fully saturated rings. The Morgan fingerprint density at radius 2 is 1.80 bits per heavy atom. The van der Waals surface area contributed by atoms with Crippen LogP contribution in [0.5, 0.6) is 5.75 Å². The predicted molar refractivity (Wildman–Crippen MR) is 85.6 cm³/mol. The maximum atomic E-state index is 5.18. The summed E-state index contributed by atoms with van der Waals surface area (Å²) in [6, 6.07) is 17.3. The van der Waals surface area contributed by atoms with E-state index < -0.39 is 0 Å². The number of ether oxygens (including phenoxy) is 1. The van der Waals surface area contributed by atoms with Crippen LogP contribution in [-0.4, -0.2) is 13.2 Å². The Balaban J connectivity index is 1.95. The highest BCUT2D eigenvalue weighted by Crippen LogP contribution is 2.16. The van der Waals surface area contributed by atoms with E-state index in [1.807, 2.05) is 12.1 Å². The second kappa shape index (κ2) is 6.99. The van der Waals surface area contributed by atoms with Gasteiger partial charge < -0.3 is 10.1 Å². The lowest BCUT2D eigenvalue weighted by Gasteiger charge is -2.16. The van der Waals surface area contributed by atoms with Gasteiger partial charge in [-0.1, -0.05) is 31.2 Å². The van der Waals surface area contributed by atoms with Crippen molar-refractivity contribution in [2.75, 3.05) is 12.4 Å². The van der Waals surface area contributed by atoms with E-state index in [2.05, 4.69) is 55.6 Å². The Bertz CT molecular complexity index is 533. The van der Waals surface area contributed by atoms with Crippen LogP contribution in [0.3, 0.4) is 0 Å². The molecule has 106 valence electrons. The molecule has 1 unspecified atom stereocenters. The van der Waals surface area contributed by atoms with Gasteiger partial charge in [-0.3, -0.25) is 0 Å². The highest BCUT2D eigenvalue weighted by Gasteiger charge is 2.04. The van der Waals surface area contributed by atoms with Crippen LogP contribution in [0.15, 0.2) is 48.5 Å². The van der Waals surface area contributed by atoms with Gasteiger partial charge in [0.1, 0.15) is 5.75 Å². The van der Waals surface area contributed by atoms with E-state index in [1.165, 1.54) is 16.8 Å². The van der Waals surface area contributed by atoms with Crippen molar-refractivity contribution < 1.29 is 4.74 Å². The second-order valence-corrected chi connectivity index (χ2v) is 5.15. The van der Waals surface area contributed by atoms with E-state index in [0.717, 1.165) is 18.6 Å². The van der Waals surface area contributed by atoms with Crippen molar-refractivity contribution in [3.8, 4) is 5.75 Å². The number of benzene rings is 2. The Hall–Kier alpha value is -1.96. The molecule has 2 rings (SSSR count). The van der Waals surface area contributed by atoms with Crippen molar-refractivity contribution in [1.29, 1.82) is 0 Å². The third kappa shape index (κ3) is 4.02. The van der Waals surface area contributed by atoms with E-state index in [0.29, 0.717) is 6.04 Å². The molecule has 0 bridgehead atoms. The number of aryl methyl sites for hydroxylation is 1. The lowest BCUT2D eigenvalue weighted by molar-refractivity contribution is 0.414. The smallest absolute Gasteiger partial charge is 0.118 e. The third-order valence-corrected chi connectivity index (χ3v) is 3.45. The van der Waals surface area contributed by atoms with Gasteiger partial charge in [-0.2, -0.15) is 0 Å². The fraction of sp³-hybridized carbons (Fsp3) is 0.333. The first-order valence-electron chi connectivity index (χ1n) is 7.19. The molecule has 0 heterocycles. The Labute approximate surface area is 121 Å². The van der Waals surface area contributed by atoms with Crippen molar-refractivity contribution >= 4 is 5.69 Å². The number of rotatable bonds is 6. The van der Waals surface area contributed by atoms with Crippen LogP contribution in [0.25, 0.3) is 0 Å². The van der Waals surface area contributed by atoms with Gasteiger partial charge in [0.25, 0.3) is 0 Å². The molecule has 2 nitrogen and oxygen atoms in total. The molecule has 0 aromatic heterocycles. The molecule has 0 aliphatic heterocycles. The standard InChI is InChI=1S/C18H23NO/c1-4-15-6-5-7-17(13-15)19-14(2)12-16-8-10-18(20-3)11-9-16/h5-11,13-14,19H,4,12H2,1-3H3. The van der Waals surface area contributed by atoms with Gasteiger partial charge >= 0.3 is 0 Å². The van der Waals surface area contributed by atoms with Crippen LogP contribution in [-0.2, 0) is 12.8 Å². The maximum Gasteiger partial charge on any atom is 0.118 e. The zero-order valence-corrected chi connectivity index (χ0v) is 12.5. The Morgan fingerprint density at radius 1 is 1.05 bits per heavy atom.